The highest BCUT2D eigenvalue weighted by Crippen LogP contribution is 2.50. The first kappa shape index (κ1) is 31.7. The topological polar surface area (TPSA) is 341 Å². The van der Waals surface area contributed by atoms with E-state index in [4.69, 9.17) is 39.8 Å². The van der Waals surface area contributed by atoms with Gasteiger partial charge in [-0.2, -0.15) is 0 Å². The van der Waals surface area contributed by atoms with Crippen molar-refractivity contribution >= 4 is 49.6 Å². The third kappa shape index (κ3) is 6.14. The fourth-order valence-corrected chi connectivity index (χ4v) is 6.20. The lowest BCUT2D eigenvalue weighted by Gasteiger charge is -2.25. The molecule has 0 aliphatic carbocycles. The van der Waals surface area contributed by atoms with Crippen molar-refractivity contribution in [3.8, 4) is 0 Å². The molecule has 6 rings (SSSR count). The molecule has 0 saturated carbocycles. The number of nitrogens with zero attached hydrogens (tertiary/aromatic N) is 8. The molecule has 45 heavy (non-hydrogen) atoms. The van der Waals surface area contributed by atoms with Gasteiger partial charge in [-0.3, -0.25) is 22.7 Å². The molecular formula is C20H26N10O13P2. The molecule has 9 atom stereocenters. The van der Waals surface area contributed by atoms with Crippen LogP contribution in [0.4, 0.5) is 11.6 Å². The third-order valence-corrected chi connectivity index (χ3v) is 8.51. The molecule has 0 radical (unpaired) electrons. The van der Waals surface area contributed by atoms with Crippen molar-refractivity contribution in [3.05, 3.63) is 25.3 Å². The number of ether oxygens (including phenoxy) is 2. The van der Waals surface area contributed by atoms with Gasteiger partial charge in [-0.15, -0.1) is 0 Å². The zero-order valence-electron chi connectivity index (χ0n) is 22.5. The molecule has 2 fully saturated rings. The normalized spacial score (nSPS) is 30.4. The van der Waals surface area contributed by atoms with E-state index in [-0.39, 0.29) is 34.0 Å². The Morgan fingerprint density at radius 3 is 1.82 bits per heavy atom. The van der Waals surface area contributed by atoms with Crippen molar-refractivity contribution in [1.82, 2.24) is 39.0 Å². The number of fused-ring (bicyclic) bond motifs is 2. The van der Waals surface area contributed by atoms with Gasteiger partial charge >= 0.3 is 15.6 Å². The molecule has 4 aromatic rings. The van der Waals surface area contributed by atoms with Crippen molar-refractivity contribution in [3.63, 3.8) is 0 Å². The lowest BCUT2D eigenvalue weighted by molar-refractivity contribution is -0.0613. The fraction of sp³-hybridized carbons (Fsp3) is 0.500. The number of aromatic nitrogens is 8. The van der Waals surface area contributed by atoms with Crippen molar-refractivity contribution in [2.45, 2.75) is 49.1 Å². The van der Waals surface area contributed by atoms with Crippen molar-refractivity contribution < 1.29 is 62.2 Å². The van der Waals surface area contributed by atoms with Crippen LogP contribution in [-0.4, -0.2) is 119 Å². The molecule has 6 heterocycles. The van der Waals surface area contributed by atoms with Crippen molar-refractivity contribution in [1.29, 1.82) is 0 Å². The first-order chi connectivity index (χ1) is 21.2. The zero-order valence-corrected chi connectivity index (χ0v) is 24.3. The quantitative estimate of drug-likeness (QED) is 0.0793. The summed E-state index contributed by atoms with van der Waals surface area (Å²) in [6, 6.07) is 0. The Balaban J connectivity index is 1.19. The average Bonchev–Trinajstić information content (AvgIpc) is 3.73. The van der Waals surface area contributed by atoms with Crippen LogP contribution in [0.5, 0.6) is 0 Å². The standard InChI is InChI=1S/C20H26N10O13P2/c21-15-9-17(25-3-23-15)29(5-27-9)19-13(33)11(31)7(41-19)2-40-45(37,38)43-14-12(32)8(1-39-44(34,35)36)42-20(14)30-6-28-10-16(22)24-4-26-18(10)30/h3-8,11-14,19-20,31-33H,1-2H2,(H,37,38)(H2,21,23,25)(H2,22,24,26)(H2,34,35,36)/t7-,8-,11-,12-,13-,14-,19?,20?/m1/s1. The van der Waals surface area contributed by atoms with E-state index in [1.54, 1.807) is 0 Å². The molecule has 23 nitrogen and oxygen atoms in total. The van der Waals surface area contributed by atoms with Gasteiger partial charge in [-0.1, -0.05) is 0 Å². The highest BCUT2D eigenvalue weighted by molar-refractivity contribution is 7.47. The van der Waals surface area contributed by atoms with Crippen LogP contribution in [0.15, 0.2) is 25.3 Å². The minimum absolute atomic E-state index is 0.0115. The molecule has 2 saturated heterocycles. The number of nitrogens with two attached hydrogens (primary N) is 2. The highest BCUT2D eigenvalue weighted by Gasteiger charge is 2.51. The minimum Gasteiger partial charge on any atom is -0.387 e. The molecule has 2 aliphatic heterocycles. The van der Waals surface area contributed by atoms with Crippen LogP contribution in [0, 0.1) is 0 Å². The second-order valence-corrected chi connectivity index (χ2v) is 12.5. The Labute approximate surface area is 250 Å². The van der Waals surface area contributed by atoms with E-state index < -0.39 is 77.9 Å². The molecule has 4 aromatic heterocycles. The molecular weight excluding hydrogens is 650 g/mol. The van der Waals surface area contributed by atoms with Gasteiger partial charge in [0, 0.05) is 0 Å². The fourth-order valence-electron chi connectivity index (χ4n) is 4.93. The summed E-state index contributed by atoms with van der Waals surface area (Å²) in [6.07, 6.45) is -7.61. The van der Waals surface area contributed by atoms with E-state index in [1.165, 1.54) is 28.1 Å². The Hall–Kier alpha value is -3.28. The SMILES string of the molecule is Nc1ncnc2c1ncn2C1O[C@H](COP(=O)(O)O[C@H]2C(n3cnc4c(N)ncnc43)O[C@H](COP(=O)(O)O)[C@H]2O)[C@@H](O)[C@H]1O. The van der Waals surface area contributed by atoms with Gasteiger partial charge in [-0.25, -0.2) is 39.0 Å². The van der Waals surface area contributed by atoms with Crippen molar-refractivity contribution in [2.75, 3.05) is 24.7 Å². The number of phosphoric ester groups is 2. The molecule has 0 amide bonds. The summed E-state index contributed by atoms with van der Waals surface area (Å²) < 4.78 is 53.0. The number of hydrogen-bond donors (Lipinski definition) is 8. The monoisotopic (exact) mass is 676 g/mol. The van der Waals surface area contributed by atoms with Crippen LogP contribution >= 0.6 is 15.6 Å². The molecule has 0 spiro atoms. The number of nitrogen functional groups attached to an aromatic ring is 2. The number of aliphatic hydroxyl groups excluding tert-OH is 3. The summed E-state index contributed by atoms with van der Waals surface area (Å²) in [5, 5.41) is 32.2. The van der Waals surface area contributed by atoms with E-state index in [9.17, 15) is 29.3 Å². The maximum Gasteiger partial charge on any atom is 0.472 e. The summed E-state index contributed by atoms with van der Waals surface area (Å²) in [6.45, 7) is -1.63. The second-order valence-electron chi connectivity index (χ2n) is 9.89. The van der Waals surface area contributed by atoms with Crippen molar-refractivity contribution in [2.24, 2.45) is 0 Å². The number of rotatable bonds is 10. The molecule has 25 heteroatoms. The van der Waals surface area contributed by atoms with E-state index in [0.29, 0.717) is 0 Å². The van der Waals surface area contributed by atoms with Gasteiger partial charge in [0.1, 0.15) is 60.3 Å². The maximum atomic E-state index is 13.1. The molecule has 0 bridgehead atoms. The number of phosphoric acid groups is 2. The Bertz CT molecular complexity index is 1800. The number of imidazole rings is 2. The summed E-state index contributed by atoms with van der Waals surface area (Å²) in [5.74, 6) is 0.0547. The highest BCUT2D eigenvalue weighted by atomic mass is 31.2. The van der Waals surface area contributed by atoms with Crippen LogP contribution in [0.1, 0.15) is 12.5 Å². The Kier molecular flexibility index (Phi) is 8.33. The molecule has 10 N–H and O–H groups in total. The first-order valence-electron chi connectivity index (χ1n) is 12.8. The number of hydrogen-bond acceptors (Lipinski definition) is 18. The molecule has 2 aliphatic rings. The number of anilines is 2. The summed E-state index contributed by atoms with van der Waals surface area (Å²) in [7, 11) is -10.1. The van der Waals surface area contributed by atoms with Crippen LogP contribution in [0.25, 0.3) is 22.3 Å². The van der Waals surface area contributed by atoms with Gasteiger partial charge in [0.2, 0.25) is 0 Å². The predicted molar refractivity (Wildman–Crippen MR) is 144 cm³/mol. The Morgan fingerprint density at radius 1 is 0.733 bits per heavy atom. The number of aliphatic hydroxyl groups is 3. The van der Waals surface area contributed by atoms with Gasteiger partial charge in [0.25, 0.3) is 0 Å². The summed E-state index contributed by atoms with van der Waals surface area (Å²) in [4.78, 5) is 52.7. The van der Waals surface area contributed by atoms with E-state index in [0.717, 1.165) is 6.33 Å². The smallest absolute Gasteiger partial charge is 0.387 e. The van der Waals surface area contributed by atoms with Gasteiger partial charge < -0.3 is 50.9 Å². The lowest BCUT2D eigenvalue weighted by Crippen LogP contribution is -2.36. The zero-order chi connectivity index (χ0) is 32.3. The average molecular weight is 676 g/mol. The summed E-state index contributed by atoms with van der Waals surface area (Å²) >= 11 is 0. The van der Waals surface area contributed by atoms with Crippen LogP contribution in [0.2, 0.25) is 0 Å². The largest absolute Gasteiger partial charge is 0.472 e. The molecule has 244 valence electrons. The van der Waals surface area contributed by atoms with E-state index in [2.05, 4.69) is 34.4 Å². The van der Waals surface area contributed by atoms with Crippen LogP contribution in [-0.2, 0) is 32.2 Å². The first-order valence-corrected chi connectivity index (χ1v) is 15.8. The lowest BCUT2D eigenvalue weighted by atomic mass is 10.1. The van der Waals surface area contributed by atoms with Crippen LogP contribution in [0.3, 0.4) is 0 Å². The van der Waals surface area contributed by atoms with Gasteiger partial charge in [0.05, 0.1) is 25.9 Å². The second kappa shape index (κ2) is 11.8. The third-order valence-electron chi connectivity index (χ3n) is 7.04. The summed E-state index contributed by atoms with van der Waals surface area (Å²) in [5.41, 5.74) is 12.2. The maximum absolute atomic E-state index is 13.1. The predicted octanol–water partition coefficient (Wildman–Crippen LogP) is -2.68. The van der Waals surface area contributed by atoms with Gasteiger partial charge in [-0.05, 0) is 0 Å². The molecule has 0 aromatic carbocycles. The van der Waals surface area contributed by atoms with Crippen LogP contribution < -0.4 is 11.5 Å². The van der Waals surface area contributed by atoms with Gasteiger partial charge in [0.15, 0.2) is 35.4 Å². The van der Waals surface area contributed by atoms with E-state index >= 15 is 0 Å². The minimum atomic E-state index is -5.14. The molecule has 3 unspecified atom stereocenters. The van der Waals surface area contributed by atoms with E-state index in [1.807, 2.05) is 0 Å². The Morgan fingerprint density at radius 2 is 1.24 bits per heavy atom.